The lowest BCUT2D eigenvalue weighted by atomic mass is 10.2. The van der Waals surface area contributed by atoms with Gasteiger partial charge in [0, 0.05) is 0 Å². The summed E-state index contributed by atoms with van der Waals surface area (Å²) in [5, 5.41) is 8.89. The van der Waals surface area contributed by atoms with E-state index >= 15 is 0 Å². The number of aromatic carboxylic acids is 1. The van der Waals surface area contributed by atoms with Crippen molar-refractivity contribution in [2.24, 2.45) is 0 Å². The summed E-state index contributed by atoms with van der Waals surface area (Å²) in [6.45, 7) is -1.04. The number of halogens is 2. The smallest absolute Gasteiger partial charge is 0.339 e. The van der Waals surface area contributed by atoms with Gasteiger partial charge in [0.15, 0.2) is 0 Å². The first-order valence-corrected chi connectivity index (χ1v) is 6.45. The van der Waals surface area contributed by atoms with Crippen LogP contribution in [0.25, 0.3) is 0 Å². The van der Waals surface area contributed by atoms with Gasteiger partial charge >= 0.3 is 5.97 Å². The van der Waals surface area contributed by atoms with Crippen LogP contribution in [0.15, 0.2) is 23.1 Å². The van der Waals surface area contributed by atoms with Crippen molar-refractivity contribution in [3.8, 4) is 5.75 Å². The van der Waals surface area contributed by atoms with Crippen LogP contribution >= 0.6 is 0 Å². The molecule has 6 nitrogen and oxygen atoms in total. The lowest BCUT2D eigenvalue weighted by molar-refractivity contribution is 0.0693. The Morgan fingerprint density at radius 2 is 2.11 bits per heavy atom. The Morgan fingerprint density at radius 1 is 1.47 bits per heavy atom. The molecule has 106 valence electrons. The van der Waals surface area contributed by atoms with Crippen molar-refractivity contribution < 1.29 is 31.8 Å². The van der Waals surface area contributed by atoms with Crippen molar-refractivity contribution in [3.63, 3.8) is 0 Å². The highest BCUT2D eigenvalue weighted by Gasteiger charge is 2.20. The van der Waals surface area contributed by atoms with E-state index in [1.807, 2.05) is 0 Å². The third kappa shape index (κ3) is 3.86. The predicted octanol–water partition coefficient (Wildman–Crippen LogP) is 0.937. The molecule has 0 bridgehead atoms. The molecule has 0 aliphatic rings. The largest absolute Gasteiger partial charge is 0.496 e. The van der Waals surface area contributed by atoms with Crippen LogP contribution < -0.4 is 9.46 Å². The Morgan fingerprint density at radius 3 is 2.58 bits per heavy atom. The van der Waals surface area contributed by atoms with Gasteiger partial charge in [0.25, 0.3) is 6.43 Å². The summed E-state index contributed by atoms with van der Waals surface area (Å²) in [6, 6.07) is 3.05. The van der Waals surface area contributed by atoms with Gasteiger partial charge < -0.3 is 9.84 Å². The van der Waals surface area contributed by atoms with E-state index in [1.54, 1.807) is 4.72 Å². The standard InChI is InChI=1S/C10H11F2NO5S/c1-18-8-3-2-6(4-7(8)10(14)15)19(16,17)13-5-9(11)12/h2-4,9,13H,5H2,1H3,(H,14,15). The topological polar surface area (TPSA) is 92.7 Å². The molecule has 9 heteroatoms. The molecule has 0 radical (unpaired) electrons. The molecule has 2 N–H and O–H groups in total. The Kier molecular flexibility index (Phi) is 4.78. The number of carboxylic acids is 1. The average Bonchev–Trinajstić information content (AvgIpc) is 2.35. The molecular weight excluding hydrogens is 284 g/mol. The monoisotopic (exact) mass is 295 g/mol. The second-order valence-electron chi connectivity index (χ2n) is 3.41. The molecule has 1 aromatic rings. The molecule has 0 unspecified atom stereocenters. The van der Waals surface area contributed by atoms with Crippen molar-refractivity contribution in [3.05, 3.63) is 23.8 Å². The van der Waals surface area contributed by atoms with Gasteiger partial charge in [-0.05, 0) is 18.2 Å². The Balaban J connectivity index is 3.14. The Bertz CT molecular complexity index is 573. The molecular formula is C10H11F2NO5S. The van der Waals surface area contributed by atoms with Crippen LogP contribution in [-0.2, 0) is 10.0 Å². The van der Waals surface area contributed by atoms with E-state index in [4.69, 9.17) is 9.84 Å². The van der Waals surface area contributed by atoms with Crippen molar-refractivity contribution >= 4 is 16.0 Å². The van der Waals surface area contributed by atoms with E-state index in [1.165, 1.54) is 7.11 Å². The molecule has 19 heavy (non-hydrogen) atoms. The molecule has 0 aliphatic carbocycles. The zero-order chi connectivity index (χ0) is 14.6. The second-order valence-corrected chi connectivity index (χ2v) is 5.18. The van der Waals surface area contributed by atoms with Crippen molar-refractivity contribution in [1.29, 1.82) is 0 Å². The van der Waals surface area contributed by atoms with Crippen LogP contribution in [0.3, 0.4) is 0 Å². The molecule has 0 spiro atoms. The number of carboxylic acid groups (broad SMARTS) is 1. The minimum atomic E-state index is -4.19. The zero-order valence-electron chi connectivity index (χ0n) is 9.76. The van der Waals surface area contributed by atoms with Crippen molar-refractivity contribution in [2.75, 3.05) is 13.7 Å². The van der Waals surface area contributed by atoms with Crippen LogP contribution in [0, 0.1) is 0 Å². The van der Waals surface area contributed by atoms with Crippen LogP contribution in [-0.4, -0.2) is 39.6 Å². The van der Waals surface area contributed by atoms with Gasteiger partial charge in [-0.3, -0.25) is 0 Å². The molecule has 0 aromatic heterocycles. The molecule has 0 amide bonds. The van der Waals surface area contributed by atoms with Gasteiger partial charge in [-0.15, -0.1) is 0 Å². The number of methoxy groups -OCH3 is 1. The molecule has 1 rings (SSSR count). The highest BCUT2D eigenvalue weighted by Crippen LogP contribution is 2.22. The molecule has 0 aliphatic heterocycles. The number of ether oxygens (including phenoxy) is 1. The zero-order valence-corrected chi connectivity index (χ0v) is 10.6. The van der Waals surface area contributed by atoms with E-state index in [9.17, 15) is 22.0 Å². The summed E-state index contributed by atoms with van der Waals surface area (Å²) < 4.78 is 53.6. The Hall–Kier alpha value is -1.74. The SMILES string of the molecule is COc1ccc(S(=O)(=O)NCC(F)F)cc1C(=O)O. The molecule has 1 aromatic carbocycles. The van der Waals surface area contributed by atoms with Crippen LogP contribution in [0.1, 0.15) is 10.4 Å². The number of benzene rings is 1. The number of nitrogens with one attached hydrogen (secondary N) is 1. The second kappa shape index (κ2) is 5.93. The first-order chi connectivity index (χ1) is 8.77. The first-order valence-electron chi connectivity index (χ1n) is 4.97. The third-order valence-electron chi connectivity index (χ3n) is 2.14. The van der Waals surface area contributed by atoms with E-state index in [2.05, 4.69) is 0 Å². The summed E-state index contributed by atoms with van der Waals surface area (Å²) >= 11 is 0. The highest BCUT2D eigenvalue weighted by atomic mass is 32.2. The maximum atomic E-state index is 12.0. The van der Waals surface area contributed by atoms with Crippen LogP contribution in [0.5, 0.6) is 5.75 Å². The Labute approximate surface area is 108 Å². The summed E-state index contributed by atoms with van der Waals surface area (Å²) in [7, 11) is -2.96. The quantitative estimate of drug-likeness (QED) is 0.814. The fourth-order valence-corrected chi connectivity index (χ4v) is 2.31. The van der Waals surface area contributed by atoms with E-state index < -0.39 is 33.9 Å². The van der Waals surface area contributed by atoms with Crippen LogP contribution in [0.4, 0.5) is 8.78 Å². The third-order valence-corrected chi connectivity index (χ3v) is 3.56. The van der Waals surface area contributed by atoms with Gasteiger partial charge in [-0.25, -0.2) is 26.7 Å². The minimum absolute atomic E-state index is 0.0275. The van der Waals surface area contributed by atoms with Crippen molar-refractivity contribution in [1.82, 2.24) is 4.72 Å². The highest BCUT2D eigenvalue weighted by molar-refractivity contribution is 7.89. The summed E-state index contributed by atoms with van der Waals surface area (Å²) in [5.74, 6) is -1.41. The fourth-order valence-electron chi connectivity index (χ4n) is 1.28. The number of hydrogen-bond acceptors (Lipinski definition) is 4. The maximum Gasteiger partial charge on any atom is 0.339 e. The fraction of sp³-hybridized carbons (Fsp3) is 0.300. The predicted molar refractivity (Wildman–Crippen MR) is 61.1 cm³/mol. The van der Waals surface area contributed by atoms with E-state index in [0.717, 1.165) is 18.2 Å². The molecule has 0 atom stereocenters. The summed E-state index contributed by atoms with van der Waals surface area (Å²) in [4.78, 5) is 10.5. The number of sulfonamides is 1. The number of alkyl halides is 2. The number of hydrogen-bond donors (Lipinski definition) is 2. The first kappa shape index (κ1) is 15.3. The maximum absolute atomic E-state index is 12.0. The van der Waals surface area contributed by atoms with Gasteiger partial charge in [0.05, 0.1) is 18.6 Å². The molecule has 0 heterocycles. The summed E-state index contributed by atoms with van der Waals surface area (Å²) in [6.07, 6.45) is -2.84. The molecule has 0 saturated carbocycles. The lowest BCUT2D eigenvalue weighted by Crippen LogP contribution is -2.28. The minimum Gasteiger partial charge on any atom is -0.496 e. The number of carbonyl (C=O) groups is 1. The van der Waals surface area contributed by atoms with Gasteiger partial charge in [0.1, 0.15) is 11.3 Å². The molecule has 0 saturated heterocycles. The van der Waals surface area contributed by atoms with Gasteiger partial charge in [-0.2, -0.15) is 0 Å². The lowest BCUT2D eigenvalue weighted by Gasteiger charge is -2.09. The van der Waals surface area contributed by atoms with Crippen LogP contribution in [0.2, 0.25) is 0 Å². The van der Waals surface area contributed by atoms with E-state index in [0.29, 0.717) is 0 Å². The average molecular weight is 295 g/mol. The molecule has 0 fully saturated rings. The van der Waals surface area contributed by atoms with E-state index in [-0.39, 0.29) is 11.3 Å². The number of rotatable bonds is 6. The normalized spacial score (nSPS) is 11.6. The van der Waals surface area contributed by atoms with Gasteiger partial charge in [-0.1, -0.05) is 0 Å². The van der Waals surface area contributed by atoms with Crippen molar-refractivity contribution in [2.45, 2.75) is 11.3 Å². The van der Waals surface area contributed by atoms with Gasteiger partial charge in [0.2, 0.25) is 10.0 Å². The summed E-state index contributed by atoms with van der Waals surface area (Å²) in [5.41, 5.74) is -0.373.